The third kappa shape index (κ3) is 6.17. The Labute approximate surface area is 190 Å². The molecule has 0 fully saturated rings. The van der Waals surface area contributed by atoms with E-state index < -0.39 is 0 Å². The summed E-state index contributed by atoms with van der Waals surface area (Å²) in [6.45, 7) is 9.48. The van der Waals surface area contributed by atoms with Crippen LogP contribution < -0.4 is 4.74 Å². The lowest BCUT2D eigenvalue weighted by Gasteiger charge is -2.29. The topological polar surface area (TPSA) is 50.5 Å². The van der Waals surface area contributed by atoms with Crippen molar-refractivity contribution in [1.29, 1.82) is 0 Å². The second-order valence-electron chi connectivity index (χ2n) is 8.50. The molecule has 5 nitrogen and oxygen atoms in total. The molecule has 0 bridgehead atoms. The van der Waals surface area contributed by atoms with Crippen molar-refractivity contribution in [3.8, 4) is 17.3 Å². The van der Waals surface area contributed by atoms with Gasteiger partial charge in [0.15, 0.2) is 0 Å². The van der Waals surface area contributed by atoms with Crippen LogP contribution in [0.2, 0.25) is 0 Å². The van der Waals surface area contributed by atoms with Crippen molar-refractivity contribution in [2.24, 2.45) is 0 Å². The number of aliphatic hydroxyl groups is 1. The fourth-order valence-electron chi connectivity index (χ4n) is 3.67. The molecule has 32 heavy (non-hydrogen) atoms. The summed E-state index contributed by atoms with van der Waals surface area (Å²) in [5.74, 6) is 0.629. The lowest BCUT2D eigenvalue weighted by Crippen LogP contribution is -2.37. The van der Waals surface area contributed by atoms with E-state index >= 15 is 0 Å². The zero-order chi connectivity index (χ0) is 23.1. The van der Waals surface area contributed by atoms with Crippen molar-refractivity contribution >= 4 is 0 Å². The molecule has 0 aliphatic rings. The highest BCUT2D eigenvalue weighted by molar-refractivity contribution is 5.43. The number of benzene rings is 2. The Balaban J connectivity index is 1.97. The van der Waals surface area contributed by atoms with Crippen molar-refractivity contribution in [2.45, 2.75) is 65.6 Å². The van der Waals surface area contributed by atoms with E-state index in [-0.39, 0.29) is 18.0 Å². The van der Waals surface area contributed by atoms with Crippen molar-refractivity contribution in [2.75, 3.05) is 6.54 Å². The Bertz CT molecular complexity index is 988. The number of hydrogen-bond donors (Lipinski definition) is 1. The van der Waals surface area contributed by atoms with Crippen molar-refractivity contribution in [3.63, 3.8) is 0 Å². The molecule has 1 atom stereocenters. The number of ether oxygens (including phenoxy) is 1. The number of rotatable bonds is 11. The van der Waals surface area contributed by atoms with Crippen LogP contribution in [0.15, 0.2) is 54.6 Å². The highest BCUT2D eigenvalue weighted by atomic mass is 19.1. The minimum atomic E-state index is -0.380. The van der Waals surface area contributed by atoms with Crippen LogP contribution in [0.4, 0.5) is 4.39 Å². The second kappa shape index (κ2) is 11.2. The predicted molar refractivity (Wildman–Crippen MR) is 126 cm³/mol. The van der Waals surface area contributed by atoms with E-state index in [1.165, 1.54) is 12.1 Å². The fourth-order valence-corrected chi connectivity index (χ4v) is 3.67. The normalized spacial score (nSPS) is 12.5. The molecule has 1 aromatic heterocycles. The molecule has 0 saturated heterocycles. The smallest absolute Gasteiger partial charge is 0.227 e. The molecular weight excluding hydrogens is 405 g/mol. The molecule has 0 radical (unpaired) electrons. The molecule has 0 aliphatic carbocycles. The van der Waals surface area contributed by atoms with Crippen LogP contribution >= 0.6 is 0 Å². The van der Waals surface area contributed by atoms with Crippen LogP contribution in [0.3, 0.4) is 0 Å². The molecule has 0 spiro atoms. The molecule has 0 amide bonds. The van der Waals surface area contributed by atoms with E-state index in [0.717, 1.165) is 36.2 Å². The summed E-state index contributed by atoms with van der Waals surface area (Å²) in [6.07, 6.45) is 2.47. The van der Waals surface area contributed by atoms with Gasteiger partial charge in [0.2, 0.25) is 5.88 Å². The van der Waals surface area contributed by atoms with Gasteiger partial charge in [0.1, 0.15) is 11.6 Å². The van der Waals surface area contributed by atoms with Crippen molar-refractivity contribution in [3.05, 3.63) is 71.7 Å². The van der Waals surface area contributed by atoms with Gasteiger partial charge in [-0.1, -0.05) is 44.0 Å². The van der Waals surface area contributed by atoms with E-state index in [4.69, 9.17) is 9.84 Å². The molecule has 172 valence electrons. The quantitative estimate of drug-likeness (QED) is 0.406. The van der Waals surface area contributed by atoms with Gasteiger partial charge in [0.05, 0.1) is 23.0 Å². The van der Waals surface area contributed by atoms with Gasteiger partial charge < -0.3 is 9.84 Å². The number of aromatic nitrogens is 2. The summed E-state index contributed by atoms with van der Waals surface area (Å²) < 4.78 is 21.8. The summed E-state index contributed by atoms with van der Waals surface area (Å²) in [4.78, 5) is 2.23. The molecule has 1 unspecified atom stereocenters. The summed E-state index contributed by atoms with van der Waals surface area (Å²) in [5.41, 5.74) is 2.63. The van der Waals surface area contributed by atoms with Gasteiger partial charge in [-0.25, -0.2) is 9.07 Å². The Kier molecular flexibility index (Phi) is 8.42. The number of nitrogens with zero attached hydrogens (tertiary/aromatic N) is 3. The zero-order valence-corrected chi connectivity index (χ0v) is 19.5. The van der Waals surface area contributed by atoms with E-state index in [0.29, 0.717) is 24.7 Å². The van der Waals surface area contributed by atoms with Crippen LogP contribution in [0.5, 0.6) is 11.6 Å². The van der Waals surface area contributed by atoms with Crippen LogP contribution in [-0.2, 0) is 6.54 Å². The largest absolute Gasteiger partial charge is 0.438 e. The highest BCUT2D eigenvalue weighted by Crippen LogP contribution is 2.32. The number of aryl methyl sites for hydroxylation is 1. The van der Waals surface area contributed by atoms with E-state index in [9.17, 15) is 9.50 Å². The van der Waals surface area contributed by atoms with E-state index in [1.807, 2.05) is 37.3 Å². The number of halogens is 1. The van der Waals surface area contributed by atoms with Crippen LogP contribution in [0.25, 0.3) is 5.69 Å². The maximum atomic E-state index is 13.8. The van der Waals surface area contributed by atoms with Gasteiger partial charge in [-0.15, -0.1) is 0 Å². The second-order valence-corrected chi connectivity index (χ2v) is 8.50. The fraction of sp³-hybridized carbons (Fsp3) is 0.423. The summed E-state index contributed by atoms with van der Waals surface area (Å²) in [7, 11) is 0. The predicted octanol–water partition coefficient (Wildman–Crippen LogP) is 5.87. The molecule has 6 heteroatoms. The third-order valence-electron chi connectivity index (χ3n) is 5.58. The van der Waals surface area contributed by atoms with Crippen LogP contribution in [0.1, 0.15) is 51.3 Å². The third-order valence-corrected chi connectivity index (χ3v) is 5.58. The maximum Gasteiger partial charge on any atom is 0.227 e. The van der Waals surface area contributed by atoms with Crippen molar-refractivity contribution in [1.82, 2.24) is 14.7 Å². The summed E-state index contributed by atoms with van der Waals surface area (Å²) in [5, 5.41) is 15.3. The first-order valence-corrected chi connectivity index (χ1v) is 11.4. The average Bonchev–Trinajstić information content (AvgIpc) is 3.07. The minimum Gasteiger partial charge on any atom is -0.438 e. The van der Waals surface area contributed by atoms with Gasteiger partial charge in [-0.05, 0) is 51.5 Å². The number of unbranched alkanes of at least 4 members (excludes halogenated alkanes) is 1. The summed E-state index contributed by atoms with van der Waals surface area (Å²) in [6, 6.07) is 16.1. The Hall–Kier alpha value is -2.70. The van der Waals surface area contributed by atoms with Gasteiger partial charge in [-0.2, -0.15) is 5.10 Å². The Morgan fingerprint density at radius 2 is 1.88 bits per heavy atom. The van der Waals surface area contributed by atoms with Crippen molar-refractivity contribution < 1.29 is 14.2 Å². The maximum absolute atomic E-state index is 13.8. The summed E-state index contributed by atoms with van der Waals surface area (Å²) >= 11 is 0. The molecule has 0 saturated carbocycles. The molecular formula is C26H34FN3O2. The first-order valence-electron chi connectivity index (χ1n) is 11.4. The first kappa shape index (κ1) is 24.0. The van der Waals surface area contributed by atoms with E-state index in [2.05, 4.69) is 25.7 Å². The van der Waals surface area contributed by atoms with Gasteiger partial charge in [-0.3, -0.25) is 4.90 Å². The monoisotopic (exact) mass is 439 g/mol. The molecule has 3 rings (SSSR count). The highest BCUT2D eigenvalue weighted by Gasteiger charge is 2.24. The molecule has 3 aromatic rings. The van der Waals surface area contributed by atoms with E-state index in [1.54, 1.807) is 16.8 Å². The minimum absolute atomic E-state index is 0.229. The lowest BCUT2D eigenvalue weighted by molar-refractivity contribution is 0.0827. The first-order chi connectivity index (χ1) is 15.4. The average molecular weight is 440 g/mol. The number of para-hydroxylation sites is 1. The number of hydrogen-bond acceptors (Lipinski definition) is 4. The molecule has 1 N–H and O–H groups in total. The molecule has 1 heterocycles. The van der Waals surface area contributed by atoms with Crippen LogP contribution in [0, 0.1) is 12.7 Å². The lowest BCUT2D eigenvalue weighted by atomic mass is 10.1. The van der Waals surface area contributed by atoms with Gasteiger partial charge in [0, 0.05) is 25.2 Å². The molecule has 2 aromatic carbocycles. The Morgan fingerprint density at radius 3 is 2.53 bits per heavy atom. The Morgan fingerprint density at radius 1 is 1.12 bits per heavy atom. The molecule has 0 aliphatic heterocycles. The van der Waals surface area contributed by atoms with Gasteiger partial charge in [0.25, 0.3) is 0 Å². The van der Waals surface area contributed by atoms with Crippen LogP contribution in [-0.4, -0.2) is 38.5 Å². The van der Waals surface area contributed by atoms with Gasteiger partial charge >= 0.3 is 0 Å². The SMILES string of the molecule is CCCCC(O)CN(Cc1c(C)nn(-c2ccccc2)c1Oc1cccc(F)c1)C(C)C. The zero-order valence-electron chi connectivity index (χ0n) is 19.5. The standard InChI is InChI=1S/C26H34FN3O2/c1-5-6-14-23(31)17-29(19(2)3)18-25-20(4)28-30(22-12-8-7-9-13-22)26(25)32-24-15-10-11-21(27)16-24/h7-13,15-16,19,23,31H,5-6,14,17-18H2,1-4H3. The number of aliphatic hydroxyl groups excluding tert-OH is 1.